The Hall–Kier alpha value is -2.28. The molecule has 1 unspecified atom stereocenters. The number of benzene rings is 2. The van der Waals surface area contributed by atoms with Crippen molar-refractivity contribution in [3.63, 3.8) is 0 Å². The van der Waals surface area contributed by atoms with Crippen molar-refractivity contribution in [2.75, 3.05) is 10.6 Å². The molecular weight excluding hydrogens is 400 g/mol. The first-order chi connectivity index (χ1) is 13.0. The van der Waals surface area contributed by atoms with E-state index in [-0.39, 0.29) is 17.1 Å². The number of anilines is 2. The average molecular weight is 417 g/mol. The molecular formula is C20H17ClN2O2S2. The van der Waals surface area contributed by atoms with Gasteiger partial charge in [0.05, 0.1) is 10.1 Å². The molecule has 0 fully saturated rings. The summed E-state index contributed by atoms with van der Waals surface area (Å²) in [5.74, 6) is -0.210. The number of thiophene rings is 1. The third kappa shape index (κ3) is 5.60. The van der Waals surface area contributed by atoms with Gasteiger partial charge in [-0.1, -0.05) is 17.7 Å². The maximum Gasteiger partial charge on any atom is 0.265 e. The van der Waals surface area contributed by atoms with Crippen molar-refractivity contribution < 1.29 is 9.59 Å². The van der Waals surface area contributed by atoms with Crippen LogP contribution >= 0.6 is 34.7 Å². The van der Waals surface area contributed by atoms with E-state index >= 15 is 0 Å². The van der Waals surface area contributed by atoms with Crippen LogP contribution in [0.3, 0.4) is 0 Å². The number of carbonyl (C=O) groups is 2. The van der Waals surface area contributed by atoms with Gasteiger partial charge in [0.1, 0.15) is 0 Å². The van der Waals surface area contributed by atoms with Crippen LogP contribution in [0.15, 0.2) is 70.9 Å². The van der Waals surface area contributed by atoms with Gasteiger partial charge < -0.3 is 10.6 Å². The van der Waals surface area contributed by atoms with Crippen molar-refractivity contribution >= 4 is 57.9 Å². The molecule has 3 aromatic rings. The summed E-state index contributed by atoms with van der Waals surface area (Å²) in [6.45, 7) is 1.85. The molecule has 1 atom stereocenters. The number of hydrogen-bond donors (Lipinski definition) is 2. The molecule has 27 heavy (non-hydrogen) atoms. The van der Waals surface area contributed by atoms with Gasteiger partial charge in [-0.05, 0) is 66.9 Å². The highest BCUT2D eigenvalue weighted by Gasteiger charge is 2.15. The molecule has 0 radical (unpaired) electrons. The van der Waals surface area contributed by atoms with Gasteiger partial charge in [-0.2, -0.15) is 0 Å². The average Bonchev–Trinajstić information content (AvgIpc) is 3.20. The summed E-state index contributed by atoms with van der Waals surface area (Å²) in [4.78, 5) is 26.0. The summed E-state index contributed by atoms with van der Waals surface area (Å²) in [5.41, 5.74) is 1.43. The van der Waals surface area contributed by atoms with Gasteiger partial charge in [0, 0.05) is 21.3 Å². The molecule has 7 heteroatoms. The Morgan fingerprint density at radius 1 is 0.963 bits per heavy atom. The zero-order chi connectivity index (χ0) is 19.2. The lowest BCUT2D eigenvalue weighted by Crippen LogP contribution is -2.22. The van der Waals surface area contributed by atoms with E-state index in [9.17, 15) is 9.59 Å². The number of thioether (sulfide) groups is 1. The molecule has 2 amide bonds. The van der Waals surface area contributed by atoms with E-state index in [4.69, 9.17) is 11.6 Å². The Balaban J connectivity index is 1.54. The molecule has 0 aliphatic heterocycles. The maximum absolute atomic E-state index is 12.3. The standard InChI is InChI=1S/C20H17ClN2O2S2/c1-13(19(24)22-15-6-4-14(21)5-7-15)27-17-10-8-16(9-11-17)23-20(25)18-3-2-12-26-18/h2-13H,1H3,(H,22,24)(H,23,25). The van der Waals surface area contributed by atoms with E-state index < -0.39 is 0 Å². The summed E-state index contributed by atoms with van der Waals surface area (Å²) < 4.78 is 0. The predicted molar refractivity (Wildman–Crippen MR) is 114 cm³/mol. The molecule has 2 N–H and O–H groups in total. The first-order valence-electron chi connectivity index (χ1n) is 8.19. The Bertz CT molecular complexity index is 910. The minimum absolute atomic E-state index is 0.0857. The summed E-state index contributed by atoms with van der Waals surface area (Å²) in [6, 6.07) is 18.1. The summed E-state index contributed by atoms with van der Waals surface area (Å²) >= 11 is 8.70. The van der Waals surface area contributed by atoms with Gasteiger partial charge in [0.25, 0.3) is 5.91 Å². The lowest BCUT2D eigenvalue weighted by Gasteiger charge is -2.12. The molecule has 0 aliphatic carbocycles. The quantitative estimate of drug-likeness (QED) is 0.501. The van der Waals surface area contributed by atoms with Crippen LogP contribution in [0.2, 0.25) is 5.02 Å². The molecule has 4 nitrogen and oxygen atoms in total. The van der Waals surface area contributed by atoms with Crippen molar-refractivity contribution in [1.82, 2.24) is 0 Å². The van der Waals surface area contributed by atoms with Crippen LogP contribution in [-0.2, 0) is 4.79 Å². The van der Waals surface area contributed by atoms with Gasteiger partial charge in [-0.25, -0.2) is 0 Å². The summed E-state index contributed by atoms with van der Waals surface area (Å²) in [7, 11) is 0. The van der Waals surface area contributed by atoms with Gasteiger partial charge in [0.15, 0.2) is 0 Å². The van der Waals surface area contributed by atoms with E-state index in [1.807, 2.05) is 42.6 Å². The van der Waals surface area contributed by atoms with Crippen molar-refractivity contribution in [3.05, 3.63) is 75.9 Å². The maximum atomic E-state index is 12.3. The van der Waals surface area contributed by atoms with E-state index in [0.29, 0.717) is 15.6 Å². The van der Waals surface area contributed by atoms with Gasteiger partial charge in [-0.15, -0.1) is 23.1 Å². The van der Waals surface area contributed by atoms with Gasteiger partial charge in [-0.3, -0.25) is 9.59 Å². The second-order valence-electron chi connectivity index (χ2n) is 5.71. The first kappa shape index (κ1) is 19.5. The molecule has 0 bridgehead atoms. The van der Waals surface area contributed by atoms with Gasteiger partial charge >= 0.3 is 0 Å². The molecule has 3 rings (SSSR count). The molecule has 1 aromatic heterocycles. The second kappa shape index (κ2) is 9.08. The minimum Gasteiger partial charge on any atom is -0.325 e. The predicted octanol–water partition coefficient (Wildman–Crippen LogP) is 5.77. The topological polar surface area (TPSA) is 58.2 Å². The third-order valence-electron chi connectivity index (χ3n) is 3.65. The van der Waals surface area contributed by atoms with Crippen molar-refractivity contribution in [2.45, 2.75) is 17.1 Å². The number of amides is 2. The number of carbonyl (C=O) groups excluding carboxylic acids is 2. The molecule has 0 spiro atoms. The Morgan fingerprint density at radius 3 is 2.22 bits per heavy atom. The fourth-order valence-corrected chi connectivity index (χ4v) is 3.86. The van der Waals surface area contributed by atoms with Crippen LogP contribution in [0.4, 0.5) is 11.4 Å². The van der Waals surface area contributed by atoms with Crippen LogP contribution in [0, 0.1) is 0 Å². The highest BCUT2D eigenvalue weighted by molar-refractivity contribution is 8.00. The Kier molecular flexibility index (Phi) is 6.55. The molecule has 2 aromatic carbocycles. The largest absolute Gasteiger partial charge is 0.325 e. The van der Waals surface area contributed by atoms with E-state index in [2.05, 4.69) is 10.6 Å². The normalized spacial score (nSPS) is 11.6. The van der Waals surface area contributed by atoms with Crippen LogP contribution < -0.4 is 10.6 Å². The fraction of sp³-hybridized carbons (Fsp3) is 0.100. The zero-order valence-corrected chi connectivity index (χ0v) is 16.8. The summed E-state index contributed by atoms with van der Waals surface area (Å²) in [6.07, 6.45) is 0. The Morgan fingerprint density at radius 2 is 1.59 bits per heavy atom. The molecule has 0 saturated carbocycles. The molecule has 138 valence electrons. The van der Waals surface area contributed by atoms with Crippen LogP contribution in [-0.4, -0.2) is 17.1 Å². The number of hydrogen-bond acceptors (Lipinski definition) is 4. The smallest absolute Gasteiger partial charge is 0.265 e. The molecule has 0 saturated heterocycles. The highest BCUT2D eigenvalue weighted by Crippen LogP contribution is 2.26. The lowest BCUT2D eigenvalue weighted by atomic mass is 10.3. The number of rotatable bonds is 6. The fourth-order valence-electron chi connectivity index (χ4n) is 2.25. The zero-order valence-electron chi connectivity index (χ0n) is 14.4. The van der Waals surface area contributed by atoms with Crippen molar-refractivity contribution in [3.8, 4) is 0 Å². The van der Waals surface area contributed by atoms with Crippen LogP contribution in [0.5, 0.6) is 0 Å². The van der Waals surface area contributed by atoms with Crippen LogP contribution in [0.1, 0.15) is 16.6 Å². The summed E-state index contributed by atoms with van der Waals surface area (Å²) in [5, 5.41) is 7.95. The SMILES string of the molecule is CC(Sc1ccc(NC(=O)c2cccs2)cc1)C(=O)Nc1ccc(Cl)cc1. The third-order valence-corrected chi connectivity index (χ3v) is 5.88. The minimum atomic E-state index is -0.271. The molecule has 0 aliphatic rings. The molecule has 1 heterocycles. The van der Waals surface area contributed by atoms with Crippen LogP contribution in [0.25, 0.3) is 0 Å². The van der Waals surface area contributed by atoms with E-state index in [1.165, 1.54) is 23.1 Å². The first-order valence-corrected chi connectivity index (χ1v) is 10.3. The Labute approximate surface area is 170 Å². The van der Waals surface area contributed by atoms with Crippen molar-refractivity contribution in [2.24, 2.45) is 0 Å². The van der Waals surface area contributed by atoms with Crippen molar-refractivity contribution in [1.29, 1.82) is 0 Å². The van der Waals surface area contributed by atoms with Gasteiger partial charge in [0.2, 0.25) is 5.91 Å². The second-order valence-corrected chi connectivity index (χ2v) is 8.51. The number of halogens is 1. The van der Waals surface area contributed by atoms with E-state index in [1.54, 1.807) is 30.3 Å². The lowest BCUT2D eigenvalue weighted by molar-refractivity contribution is -0.115. The number of nitrogens with one attached hydrogen (secondary N) is 2. The monoisotopic (exact) mass is 416 g/mol. The van der Waals surface area contributed by atoms with E-state index in [0.717, 1.165) is 10.6 Å². The highest BCUT2D eigenvalue weighted by atomic mass is 35.5.